The van der Waals surface area contributed by atoms with Crippen LogP contribution >= 0.6 is 0 Å². The van der Waals surface area contributed by atoms with Crippen LogP contribution in [0.4, 0.5) is 0 Å². The van der Waals surface area contributed by atoms with Gasteiger partial charge in [0.1, 0.15) is 5.82 Å². The summed E-state index contributed by atoms with van der Waals surface area (Å²) in [5, 5.41) is 0. The number of rotatable bonds is 6. The molecule has 1 fully saturated rings. The van der Waals surface area contributed by atoms with Gasteiger partial charge in [0, 0.05) is 37.6 Å². The molecule has 21 heavy (non-hydrogen) atoms. The summed E-state index contributed by atoms with van der Waals surface area (Å²) in [7, 11) is 2.21. The van der Waals surface area contributed by atoms with Crippen molar-refractivity contribution in [1.82, 2.24) is 19.8 Å². The van der Waals surface area contributed by atoms with E-state index in [4.69, 9.17) is 0 Å². The second kappa shape index (κ2) is 7.85. The van der Waals surface area contributed by atoms with E-state index in [1.807, 2.05) is 19.3 Å². The van der Waals surface area contributed by atoms with Gasteiger partial charge in [0.25, 0.3) is 0 Å². The Morgan fingerprint density at radius 2 is 1.86 bits per heavy atom. The zero-order chi connectivity index (χ0) is 15.2. The van der Waals surface area contributed by atoms with Crippen LogP contribution in [0.25, 0.3) is 0 Å². The highest BCUT2D eigenvalue weighted by Gasteiger charge is 2.20. The Morgan fingerprint density at radius 1 is 1.24 bits per heavy atom. The molecule has 0 bridgehead atoms. The Balaban J connectivity index is 1.71. The maximum atomic E-state index is 4.27. The van der Waals surface area contributed by atoms with Crippen molar-refractivity contribution in [2.24, 2.45) is 11.8 Å². The number of likely N-dealkylation sites (tertiary alicyclic amines) is 1. The number of nitrogens with zero attached hydrogens (tertiary/aromatic N) is 4. The van der Waals surface area contributed by atoms with E-state index in [0.29, 0.717) is 0 Å². The summed E-state index contributed by atoms with van der Waals surface area (Å²) in [6, 6.07) is 0. The first-order chi connectivity index (χ1) is 10.0. The maximum Gasteiger partial charge on any atom is 0.125 e. The predicted molar refractivity (Wildman–Crippen MR) is 87.1 cm³/mol. The van der Waals surface area contributed by atoms with E-state index in [1.165, 1.54) is 44.6 Å². The molecule has 1 aromatic heterocycles. The lowest BCUT2D eigenvalue weighted by molar-refractivity contribution is 0.141. The zero-order valence-electron chi connectivity index (χ0n) is 14.0. The highest BCUT2D eigenvalue weighted by molar-refractivity contribution is 5.04. The van der Waals surface area contributed by atoms with Crippen LogP contribution in [-0.4, -0.2) is 53.0 Å². The lowest BCUT2D eigenvalue weighted by Crippen LogP contribution is -2.39. The second-order valence-electron chi connectivity index (χ2n) is 6.97. The number of hydrogen-bond donors (Lipinski definition) is 0. The van der Waals surface area contributed by atoms with Gasteiger partial charge in [0.05, 0.1) is 0 Å². The number of aromatic nitrogens is 2. The Hall–Kier alpha value is -1.00. The molecule has 0 aromatic carbocycles. The molecule has 0 aliphatic carbocycles. The topological polar surface area (TPSA) is 32.3 Å². The molecule has 0 amide bonds. The summed E-state index contributed by atoms with van der Waals surface area (Å²) in [6.45, 7) is 12.5. The smallest absolute Gasteiger partial charge is 0.125 e. The molecule has 2 heterocycles. The molecule has 1 saturated heterocycles. The third-order valence-corrected chi connectivity index (χ3v) is 4.19. The van der Waals surface area contributed by atoms with E-state index in [2.05, 4.69) is 40.7 Å². The van der Waals surface area contributed by atoms with Crippen LogP contribution in [0.1, 0.15) is 38.1 Å². The Bertz CT molecular complexity index is 407. The van der Waals surface area contributed by atoms with Crippen molar-refractivity contribution in [3.63, 3.8) is 0 Å². The van der Waals surface area contributed by atoms with Crippen LogP contribution < -0.4 is 0 Å². The molecule has 1 aliphatic rings. The Labute approximate surface area is 129 Å². The maximum absolute atomic E-state index is 4.27. The quantitative estimate of drug-likeness (QED) is 0.806. The van der Waals surface area contributed by atoms with Gasteiger partial charge in [-0.2, -0.15) is 0 Å². The van der Waals surface area contributed by atoms with Gasteiger partial charge in [0.15, 0.2) is 0 Å². The molecular formula is C17H30N4. The molecule has 1 aromatic rings. The van der Waals surface area contributed by atoms with E-state index in [-0.39, 0.29) is 0 Å². The van der Waals surface area contributed by atoms with Gasteiger partial charge in [-0.15, -0.1) is 0 Å². The van der Waals surface area contributed by atoms with Gasteiger partial charge in [-0.1, -0.05) is 13.8 Å². The minimum atomic E-state index is 0.783. The predicted octanol–water partition coefficient (Wildman–Crippen LogP) is 2.58. The summed E-state index contributed by atoms with van der Waals surface area (Å²) in [5.41, 5.74) is 1.21. The van der Waals surface area contributed by atoms with Crippen molar-refractivity contribution in [2.75, 3.05) is 33.2 Å². The molecule has 0 N–H and O–H groups in total. The molecule has 1 aliphatic heterocycles. The summed E-state index contributed by atoms with van der Waals surface area (Å²) < 4.78 is 0. The molecule has 118 valence electrons. The molecule has 0 radical (unpaired) electrons. The molecule has 0 spiro atoms. The highest BCUT2D eigenvalue weighted by atomic mass is 15.1. The third-order valence-electron chi connectivity index (χ3n) is 4.19. The van der Waals surface area contributed by atoms with Crippen molar-refractivity contribution in [2.45, 2.75) is 40.2 Å². The number of aryl methyl sites for hydroxylation is 1. The van der Waals surface area contributed by atoms with Gasteiger partial charge in [-0.05, 0) is 51.7 Å². The SMILES string of the molecule is Cc1ncc(CN(C)CC2CCN(CC(C)C)CC2)cn1. The fourth-order valence-corrected chi connectivity index (χ4v) is 3.19. The number of hydrogen-bond acceptors (Lipinski definition) is 4. The largest absolute Gasteiger partial charge is 0.303 e. The number of piperidine rings is 1. The minimum Gasteiger partial charge on any atom is -0.303 e. The van der Waals surface area contributed by atoms with E-state index < -0.39 is 0 Å². The van der Waals surface area contributed by atoms with Gasteiger partial charge < -0.3 is 9.80 Å². The summed E-state index contributed by atoms with van der Waals surface area (Å²) >= 11 is 0. The summed E-state index contributed by atoms with van der Waals surface area (Å²) in [5.74, 6) is 2.47. The van der Waals surface area contributed by atoms with Gasteiger partial charge >= 0.3 is 0 Å². The zero-order valence-corrected chi connectivity index (χ0v) is 14.0. The van der Waals surface area contributed by atoms with Crippen molar-refractivity contribution < 1.29 is 0 Å². The average molecular weight is 290 g/mol. The fourth-order valence-electron chi connectivity index (χ4n) is 3.19. The summed E-state index contributed by atoms with van der Waals surface area (Å²) in [6.07, 6.45) is 6.57. The molecule has 0 atom stereocenters. The molecule has 0 saturated carbocycles. The normalized spacial score (nSPS) is 17.8. The van der Waals surface area contributed by atoms with Crippen LogP contribution in [0, 0.1) is 18.8 Å². The highest BCUT2D eigenvalue weighted by Crippen LogP contribution is 2.19. The lowest BCUT2D eigenvalue weighted by Gasteiger charge is -2.34. The van der Waals surface area contributed by atoms with Crippen LogP contribution in [0.2, 0.25) is 0 Å². The van der Waals surface area contributed by atoms with Crippen molar-refractivity contribution in [1.29, 1.82) is 0 Å². The third kappa shape index (κ3) is 5.71. The molecule has 4 nitrogen and oxygen atoms in total. The lowest BCUT2D eigenvalue weighted by atomic mass is 9.95. The summed E-state index contributed by atoms with van der Waals surface area (Å²) in [4.78, 5) is 13.6. The van der Waals surface area contributed by atoms with Gasteiger partial charge in [0.2, 0.25) is 0 Å². The monoisotopic (exact) mass is 290 g/mol. The molecule has 4 heteroatoms. The van der Waals surface area contributed by atoms with Crippen LogP contribution in [0.3, 0.4) is 0 Å². The standard InChI is InChI=1S/C17H30N4/c1-14(2)11-21-7-5-16(6-8-21)12-20(4)13-17-9-18-15(3)19-10-17/h9-10,14,16H,5-8,11-13H2,1-4H3. The molecular weight excluding hydrogens is 260 g/mol. The van der Waals surface area contributed by atoms with E-state index in [0.717, 1.165) is 24.2 Å². The van der Waals surface area contributed by atoms with Crippen LogP contribution in [-0.2, 0) is 6.54 Å². The van der Waals surface area contributed by atoms with Crippen molar-refractivity contribution in [3.8, 4) is 0 Å². The second-order valence-corrected chi connectivity index (χ2v) is 6.97. The van der Waals surface area contributed by atoms with Crippen molar-refractivity contribution in [3.05, 3.63) is 23.8 Å². The average Bonchev–Trinajstić information content (AvgIpc) is 2.43. The first-order valence-electron chi connectivity index (χ1n) is 8.21. The molecule has 2 rings (SSSR count). The first kappa shape index (κ1) is 16.4. The minimum absolute atomic E-state index is 0.783. The van der Waals surface area contributed by atoms with E-state index in [1.54, 1.807) is 0 Å². The van der Waals surface area contributed by atoms with Crippen LogP contribution in [0.15, 0.2) is 12.4 Å². The fraction of sp³-hybridized carbons (Fsp3) is 0.765. The van der Waals surface area contributed by atoms with E-state index >= 15 is 0 Å². The van der Waals surface area contributed by atoms with Crippen molar-refractivity contribution >= 4 is 0 Å². The van der Waals surface area contributed by atoms with E-state index in [9.17, 15) is 0 Å². The van der Waals surface area contributed by atoms with Gasteiger partial charge in [-0.25, -0.2) is 9.97 Å². The van der Waals surface area contributed by atoms with Gasteiger partial charge in [-0.3, -0.25) is 0 Å². The van der Waals surface area contributed by atoms with Crippen LogP contribution in [0.5, 0.6) is 0 Å². The first-order valence-corrected chi connectivity index (χ1v) is 8.21. The molecule has 0 unspecified atom stereocenters. The Kier molecular flexibility index (Phi) is 6.12. The Morgan fingerprint density at radius 3 is 2.43 bits per heavy atom.